The fourth-order valence-electron chi connectivity index (χ4n) is 0.920. The smallest absolute Gasteiger partial charge is 0.341 e. The predicted molar refractivity (Wildman–Crippen MR) is 44.8 cm³/mol. The molecular weight excluding hydrogens is 178 g/mol. The molecule has 0 aliphatic heterocycles. The van der Waals surface area contributed by atoms with Gasteiger partial charge in [-0.05, 0) is 0 Å². The minimum Gasteiger partial charge on any atom is -0.381 e. The van der Waals surface area contributed by atoms with Gasteiger partial charge in [0.05, 0.1) is 5.51 Å². The minimum atomic E-state index is -0.678. The second-order valence-electron chi connectivity index (χ2n) is 2.14. The molecule has 0 aromatic carbocycles. The highest BCUT2D eigenvalue weighted by atomic mass is 32.1. The van der Waals surface area contributed by atoms with Crippen LogP contribution in [0.2, 0.25) is 0 Å². The van der Waals surface area contributed by atoms with Gasteiger partial charge in [0.1, 0.15) is 4.70 Å². The van der Waals surface area contributed by atoms with E-state index < -0.39 is 6.03 Å². The van der Waals surface area contributed by atoms with Gasteiger partial charge < -0.3 is 11.5 Å². The zero-order chi connectivity index (χ0) is 8.72. The van der Waals surface area contributed by atoms with E-state index in [1.807, 2.05) is 0 Å². The molecule has 0 radical (unpaired) electrons. The lowest BCUT2D eigenvalue weighted by molar-refractivity contribution is 0.248. The molecule has 0 unspecified atom stereocenters. The van der Waals surface area contributed by atoms with E-state index in [1.54, 1.807) is 5.51 Å². The summed E-state index contributed by atoms with van der Waals surface area (Å²) >= 11 is 1.32. The van der Waals surface area contributed by atoms with Crippen LogP contribution in [0, 0.1) is 0 Å². The van der Waals surface area contributed by atoms with Crippen molar-refractivity contribution < 1.29 is 4.79 Å². The normalized spacial score (nSPS) is 10.7. The van der Waals surface area contributed by atoms with Crippen LogP contribution in [0.3, 0.4) is 0 Å². The molecule has 2 rings (SSSR count). The van der Waals surface area contributed by atoms with E-state index in [0.717, 1.165) is 4.68 Å². The third kappa shape index (κ3) is 0.766. The standard InChI is InChI=1S/C5H5N5OS/c6-3-2-4(8-1-12-2)10(9-3)5(7)11/h1H,(H2,6,9)(H2,7,11). The molecule has 0 saturated carbocycles. The molecule has 62 valence electrons. The Kier molecular flexibility index (Phi) is 1.28. The van der Waals surface area contributed by atoms with Crippen molar-refractivity contribution in [1.82, 2.24) is 14.8 Å². The van der Waals surface area contributed by atoms with Crippen molar-refractivity contribution >= 4 is 33.5 Å². The summed E-state index contributed by atoms with van der Waals surface area (Å²) in [7, 11) is 0. The summed E-state index contributed by atoms with van der Waals surface area (Å²) < 4.78 is 1.68. The molecule has 0 saturated heterocycles. The van der Waals surface area contributed by atoms with Crippen LogP contribution >= 0.6 is 11.3 Å². The Labute approximate surface area is 70.8 Å². The zero-order valence-electron chi connectivity index (χ0n) is 5.89. The number of carbonyl (C=O) groups is 1. The van der Waals surface area contributed by atoms with E-state index >= 15 is 0 Å². The fraction of sp³-hybridized carbons (Fsp3) is 0. The molecule has 6 nitrogen and oxygen atoms in total. The number of nitrogen functional groups attached to an aromatic ring is 1. The number of rotatable bonds is 0. The highest BCUT2D eigenvalue weighted by Crippen LogP contribution is 2.22. The molecule has 0 aliphatic rings. The lowest BCUT2D eigenvalue weighted by atomic mass is 10.6. The van der Waals surface area contributed by atoms with Crippen LogP contribution in [0.25, 0.3) is 10.3 Å². The summed E-state index contributed by atoms with van der Waals surface area (Å²) in [4.78, 5) is 14.7. The van der Waals surface area contributed by atoms with Gasteiger partial charge in [0.15, 0.2) is 11.5 Å². The second kappa shape index (κ2) is 2.18. The lowest BCUT2D eigenvalue weighted by Crippen LogP contribution is -2.20. The largest absolute Gasteiger partial charge is 0.381 e. The summed E-state index contributed by atoms with van der Waals surface area (Å²) in [5.41, 5.74) is 12.5. The third-order valence-electron chi connectivity index (χ3n) is 1.40. The van der Waals surface area contributed by atoms with Crippen LogP contribution in [0.4, 0.5) is 10.6 Å². The van der Waals surface area contributed by atoms with Gasteiger partial charge in [-0.25, -0.2) is 9.78 Å². The fourth-order valence-corrected chi connectivity index (χ4v) is 1.58. The Balaban J connectivity index is 2.83. The molecular formula is C5H5N5OS. The summed E-state index contributed by atoms with van der Waals surface area (Å²) in [6.45, 7) is 0. The van der Waals surface area contributed by atoms with E-state index in [9.17, 15) is 4.79 Å². The van der Waals surface area contributed by atoms with Gasteiger partial charge in [-0.3, -0.25) is 0 Å². The van der Waals surface area contributed by atoms with Crippen molar-refractivity contribution in [3.05, 3.63) is 5.51 Å². The molecule has 0 fully saturated rings. The average Bonchev–Trinajstić information content (AvgIpc) is 2.53. The molecule has 0 bridgehead atoms. The number of thiazole rings is 1. The Morgan fingerprint density at radius 1 is 1.67 bits per heavy atom. The summed E-state index contributed by atoms with van der Waals surface area (Å²) in [5.74, 6) is 0.284. The van der Waals surface area contributed by atoms with Crippen molar-refractivity contribution in [2.45, 2.75) is 0 Å². The number of fused-ring (bicyclic) bond motifs is 1. The Hall–Kier alpha value is -1.63. The quantitative estimate of drug-likeness (QED) is 0.600. The maximum atomic E-state index is 10.8. The van der Waals surface area contributed by atoms with Crippen molar-refractivity contribution in [2.75, 3.05) is 5.73 Å². The first-order valence-electron chi connectivity index (χ1n) is 3.07. The minimum absolute atomic E-state index is 0.284. The van der Waals surface area contributed by atoms with Crippen LogP contribution in [0.15, 0.2) is 5.51 Å². The number of nitrogens with zero attached hydrogens (tertiary/aromatic N) is 3. The van der Waals surface area contributed by atoms with E-state index in [2.05, 4.69) is 10.1 Å². The molecule has 1 amide bonds. The summed E-state index contributed by atoms with van der Waals surface area (Å²) in [5, 5.41) is 3.72. The summed E-state index contributed by atoms with van der Waals surface area (Å²) in [6.07, 6.45) is 0. The van der Waals surface area contributed by atoms with Crippen LogP contribution < -0.4 is 11.5 Å². The Morgan fingerprint density at radius 2 is 2.42 bits per heavy atom. The molecule has 0 aliphatic carbocycles. The van der Waals surface area contributed by atoms with Crippen molar-refractivity contribution in [1.29, 1.82) is 0 Å². The number of primary amides is 1. The van der Waals surface area contributed by atoms with Crippen molar-refractivity contribution in [2.24, 2.45) is 5.73 Å². The van der Waals surface area contributed by atoms with Gasteiger partial charge in [-0.1, -0.05) is 0 Å². The highest BCUT2D eigenvalue weighted by Gasteiger charge is 2.13. The van der Waals surface area contributed by atoms with E-state index in [0.29, 0.717) is 10.3 Å². The van der Waals surface area contributed by atoms with Crippen molar-refractivity contribution in [3.63, 3.8) is 0 Å². The number of nitrogens with two attached hydrogens (primary N) is 2. The monoisotopic (exact) mass is 183 g/mol. The Bertz CT molecular complexity index is 444. The first kappa shape index (κ1) is 7.04. The van der Waals surface area contributed by atoms with Crippen LogP contribution in [0.1, 0.15) is 0 Å². The molecule has 12 heavy (non-hydrogen) atoms. The number of anilines is 1. The van der Waals surface area contributed by atoms with Gasteiger partial charge in [0.2, 0.25) is 0 Å². The number of hydrogen-bond acceptors (Lipinski definition) is 5. The average molecular weight is 183 g/mol. The van der Waals surface area contributed by atoms with Crippen LogP contribution in [0.5, 0.6) is 0 Å². The first-order chi connectivity index (χ1) is 5.70. The number of carbonyl (C=O) groups excluding carboxylic acids is 1. The highest BCUT2D eigenvalue weighted by molar-refractivity contribution is 7.17. The van der Waals surface area contributed by atoms with Crippen LogP contribution in [-0.4, -0.2) is 20.8 Å². The van der Waals surface area contributed by atoms with E-state index in [4.69, 9.17) is 11.5 Å². The van der Waals surface area contributed by atoms with Gasteiger partial charge in [0.25, 0.3) is 0 Å². The number of hydrogen-bond donors (Lipinski definition) is 2. The maximum absolute atomic E-state index is 10.8. The maximum Gasteiger partial charge on any atom is 0.341 e. The molecule has 4 N–H and O–H groups in total. The lowest BCUT2D eigenvalue weighted by Gasteiger charge is -1.90. The molecule has 2 aromatic rings. The molecule has 2 heterocycles. The van der Waals surface area contributed by atoms with Crippen molar-refractivity contribution in [3.8, 4) is 0 Å². The van der Waals surface area contributed by atoms with E-state index in [1.165, 1.54) is 11.3 Å². The second-order valence-corrected chi connectivity index (χ2v) is 3.00. The van der Waals surface area contributed by atoms with Gasteiger partial charge in [-0.15, -0.1) is 16.4 Å². The molecule has 7 heteroatoms. The SMILES string of the molecule is NC(=O)n1nc(N)c2scnc21. The van der Waals surface area contributed by atoms with Gasteiger partial charge in [0, 0.05) is 0 Å². The predicted octanol–water partition coefficient (Wildman–Crippen LogP) is 0.00180. The Morgan fingerprint density at radius 3 is 3.08 bits per heavy atom. The number of aromatic nitrogens is 3. The topological polar surface area (TPSA) is 99.8 Å². The molecule has 0 atom stereocenters. The number of amides is 1. The third-order valence-corrected chi connectivity index (χ3v) is 2.24. The van der Waals surface area contributed by atoms with Gasteiger partial charge in [-0.2, -0.15) is 4.68 Å². The van der Waals surface area contributed by atoms with Gasteiger partial charge >= 0.3 is 6.03 Å². The zero-order valence-corrected chi connectivity index (χ0v) is 6.71. The van der Waals surface area contributed by atoms with Crippen LogP contribution in [-0.2, 0) is 0 Å². The first-order valence-corrected chi connectivity index (χ1v) is 3.95. The summed E-state index contributed by atoms with van der Waals surface area (Å²) in [6, 6.07) is -0.678. The van der Waals surface area contributed by atoms with E-state index in [-0.39, 0.29) is 5.82 Å². The molecule has 0 spiro atoms. The molecule has 2 aromatic heterocycles.